The number of hydrogen-bond acceptors (Lipinski definition) is 5. The lowest BCUT2D eigenvalue weighted by Gasteiger charge is -2.31. The van der Waals surface area contributed by atoms with Crippen molar-refractivity contribution in [3.05, 3.63) is 88.7 Å². The van der Waals surface area contributed by atoms with E-state index in [1.165, 1.54) is 0 Å². The Morgan fingerprint density at radius 2 is 1.61 bits per heavy atom. The number of aryl methyl sites for hydroxylation is 1. The summed E-state index contributed by atoms with van der Waals surface area (Å²) in [5, 5.41) is 7.47. The number of para-hydroxylation sites is 2. The summed E-state index contributed by atoms with van der Waals surface area (Å²) >= 11 is 0. The number of aromatic nitrogens is 2. The molecule has 0 unspecified atom stereocenters. The number of fused-ring (bicyclic) bond motifs is 1. The van der Waals surface area contributed by atoms with E-state index >= 15 is 0 Å². The third kappa shape index (κ3) is 3.78. The Bertz CT molecular complexity index is 1260. The van der Waals surface area contributed by atoms with Gasteiger partial charge in [-0.25, -0.2) is 4.98 Å². The van der Waals surface area contributed by atoms with Gasteiger partial charge in [-0.05, 0) is 37.3 Å². The van der Waals surface area contributed by atoms with E-state index in [4.69, 9.17) is 4.98 Å². The van der Waals surface area contributed by atoms with Crippen LogP contribution in [0.4, 0.5) is 17.2 Å². The van der Waals surface area contributed by atoms with Crippen LogP contribution in [0.5, 0.6) is 0 Å². The highest BCUT2D eigenvalue weighted by Gasteiger charge is 2.20. The van der Waals surface area contributed by atoms with Gasteiger partial charge in [0, 0.05) is 49.3 Å². The molecule has 0 amide bonds. The number of anilines is 3. The van der Waals surface area contributed by atoms with Gasteiger partial charge >= 0.3 is 0 Å². The SMILES string of the molecule is Cc1cc(N2CCNCC2)c2c(=O)cc(Nc3ccccc3)n(-c3ccccc3)c2n1. The molecule has 2 N–H and O–H groups in total. The minimum atomic E-state index is -0.0263. The molecule has 3 heterocycles. The quantitative estimate of drug-likeness (QED) is 0.534. The monoisotopic (exact) mass is 411 g/mol. The minimum Gasteiger partial charge on any atom is -0.368 e. The number of pyridine rings is 2. The van der Waals surface area contributed by atoms with Gasteiger partial charge in [-0.2, -0.15) is 0 Å². The van der Waals surface area contributed by atoms with Crippen molar-refractivity contribution in [2.45, 2.75) is 6.92 Å². The van der Waals surface area contributed by atoms with Crippen LogP contribution in [-0.4, -0.2) is 35.7 Å². The van der Waals surface area contributed by atoms with Gasteiger partial charge in [0.05, 0.1) is 11.1 Å². The van der Waals surface area contributed by atoms with Gasteiger partial charge in [0.2, 0.25) is 0 Å². The molecule has 1 aliphatic rings. The first-order chi connectivity index (χ1) is 15.2. The molecule has 2 aromatic carbocycles. The van der Waals surface area contributed by atoms with E-state index in [1.807, 2.05) is 78.2 Å². The van der Waals surface area contributed by atoms with Gasteiger partial charge in [0.25, 0.3) is 0 Å². The lowest BCUT2D eigenvalue weighted by Crippen LogP contribution is -2.44. The Labute approximate surface area is 181 Å². The molecule has 6 nitrogen and oxygen atoms in total. The van der Waals surface area contributed by atoms with Crippen molar-refractivity contribution in [2.24, 2.45) is 0 Å². The Morgan fingerprint density at radius 1 is 0.935 bits per heavy atom. The molecule has 0 spiro atoms. The fourth-order valence-electron chi connectivity index (χ4n) is 4.17. The summed E-state index contributed by atoms with van der Waals surface area (Å²) in [6, 6.07) is 23.7. The van der Waals surface area contributed by atoms with Crippen molar-refractivity contribution in [3.8, 4) is 5.69 Å². The molecule has 0 atom stereocenters. The first-order valence-electron chi connectivity index (χ1n) is 10.6. The molecular formula is C25H25N5O. The second-order valence-corrected chi connectivity index (χ2v) is 7.77. The van der Waals surface area contributed by atoms with Crippen molar-refractivity contribution in [1.29, 1.82) is 0 Å². The van der Waals surface area contributed by atoms with Crippen LogP contribution >= 0.6 is 0 Å². The molecule has 156 valence electrons. The van der Waals surface area contributed by atoms with E-state index < -0.39 is 0 Å². The number of hydrogen-bond donors (Lipinski definition) is 2. The van der Waals surface area contributed by atoms with Crippen LogP contribution < -0.4 is 21.0 Å². The molecule has 6 heteroatoms. The zero-order valence-corrected chi connectivity index (χ0v) is 17.5. The number of rotatable bonds is 4. The summed E-state index contributed by atoms with van der Waals surface area (Å²) in [5.74, 6) is 0.694. The zero-order valence-electron chi connectivity index (χ0n) is 17.5. The molecule has 4 aromatic rings. The van der Waals surface area contributed by atoms with Gasteiger partial charge in [0.1, 0.15) is 5.82 Å². The fraction of sp³-hybridized carbons (Fsp3) is 0.200. The smallest absolute Gasteiger partial charge is 0.195 e. The molecule has 0 saturated carbocycles. The summed E-state index contributed by atoms with van der Waals surface area (Å²) < 4.78 is 2.04. The Hall–Kier alpha value is -3.64. The van der Waals surface area contributed by atoms with Crippen molar-refractivity contribution >= 4 is 28.2 Å². The standard InChI is InChI=1S/C25H25N5O/c1-18-16-21(29-14-12-26-13-15-29)24-22(31)17-23(28-19-8-4-2-5-9-19)30(25(24)27-18)20-10-6-3-7-11-20/h2-11,16-17,26,28H,12-15H2,1H3. The second-order valence-electron chi connectivity index (χ2n) is 7.77. The topological polar surface area (TPSA) is 62.2 Å². The van der Waals surface area contributed by atoms with Crippen LogP contribution in [0.3, 0.4) is 0 Å². The molecule has 1 aliphatic heterocycles. The number of nitrogens with one attached hydrogen (secondary N) is 2. The van der Waals surface area contributed by atoms with Crippen molar-refractivity contribution in [2.75, 3.05) is 36.4 Å². The van der Waals surface area contributed by atoms with Crippen LogP contribution in [0, 0.1) is 6.92 Å². The van der Waals surface area contributed by atoms with E-state index in [0.717, 1.165) is 48.9 Å². The van der Waals surface area contributed by atoms with E-state index in [0.29, 0.717) is 16.9 Å². The maximum atomic E-state index is 13.4. The minimum absolute atomic E-state index is 0.0263. The first-order valence-corrected chi connectivity index (χ1v) is 10.6. The highest BCUT2D eigenvalue weighted by Crippen LogP contribution is 2.30. The summed E-state index contributed by atoms with van der Waals surface area (Å²) in [7, 11) is 0. The lowest BCUT2D eigenvalue weighted by molar-refractivity contribution is 0.590. The molecule has 2 aromatic heterocycles. The molecule has 0 bridgehead atoms. The molecule has 1 fully saturated rings. The number of piperazine rings is 1. The van der Waals surface area contributed by atoms with Crippen LogP contribution in [0.2, 0.25) is 0 Å². The molecule has 0 aliphatic carbocycles. The van der Waals surface area contributed by atoms with Gasteiger partial charge in [-0.1, -0.05) is 36.4 Å². The van der Waals surface area contributed by atoms with Gasteiger partial charge in [0.15, 0.2) is 11.1 Å². The average Bonchev–Trinajstić information content (AvgIpc) is 2.80. The van der Waals surface area contributed by atoms with E-state index in [9.17, 15) is 4.79 Å². The maximum Gasteiger partial charge on any atom is 0.195 e. The van der Waals surface area contributed by atoms with Crippen LogP contribution in [0.1, 0.15) is 5.69 Å². The number of benzene rings is 2. The van der Waals surface area contributed by atoms with E-state index in [-0.39, 0.29) is 5.43 Å². The first kappa shape index (κ1) is 19.3. The van der Waals surface area contributed by atoms with Gasteiger partial charge in [-0.15, -0.1) is 0 Å². The largest absolute Gasteiger partial charge is 0.368 e. The average molecular weight is 412 g/mol. The summed E-state index contributed by atoms with van der Waals surface area (Å²) in [4.78, 5) is 20.5. The van der Waals surface area contributed by atoms with E-state index in [1.54, 1.807) is 6.07 Å². The summed E-state index contributed by atoms with van der Waals surface area (Å²) in [5.41, 5.74) is 4.37. The molecule has 0 radical (unpaired) electrons. The summed E-state index contributed by atoms with van der Waals surface area (Å²) in [6.07, 6.45) is 0. The summed E-state index contributed by atoms with van der Waals surface area (Å²) in [6.45, 7) is 5.54. The van der Waals surface area contributed by atoms with Crippen molar-refractivity contribution in [3.63, 3.8) is 0 Å². The predicted molar refractivity (Wildman–Crippen MR) is 127 cm³/mol. The second kappa shape index (κ2) is 8.24. The normalized spacial score (nSPS) is 14.0. The predicted octanol–water partition coefficient (Wildman–Crippen LogP) is 3.85. The number of nitrogens with zero attached hydrogens (tertiary/aromatic N) is 3. The third-order valence-electron chi connectivity index (χ3n) is 5.59. The van der Waals surface area contributed by atoms with Crippen molar-refractivity contribution < 1.29 is 0 Å². The van der Waals surface area contributed by atoms with Crippen LogP contribution in [0.25, 0.3) is 16.7 Å². The third-order valence-corrected chi connectivity index (χ3v) is 5.59. The highest BCUT2D eigenvalue weighted by molar-refractivity contribution is 5.92. The van der Waals surface area contributed by atoms with Crippen LogP contribution in [0.15, 0.2) is 77.6 Å². The molecular weight excluding hydrogens is 386 g/mol. The Morgan fingerprint density at radius 3 is 2.32 bits per heavy atom. The fourth-order valence-corrected chi connectivity index (χ4v) is 4.17. The van der Waals surface area contributed by atoms with Gasteiger partial charge < -0.3 is 15.5 Å². The zero-order chi connectivity index (χ0) is 21.2. The van der Waals surface area contributed by atoms with Crippen molar-refractivity contribution in [1.82, 2.24) is 14.9 Å². The Kier molecular flexibility index (Phi) is 5.14. The maximum absolute atomic E-state index is 13.4. The van der Waals surface area contributed by atoms with Crippen LogP contribution in [-0.2, 0) is 0 Å². The molecule has 5 rings (SSSR count). The van der Waals surface area contributed by atoms with Gasteiger partial charge in [-0.3, -0.25) is 9.36 Å². The molecule has 31 heavy (non-hydrogen) atoms. The lowest BCUT2D eigenvalue weighted by atomic mass is 10.1. The Balaban J connectivity index is 1.79. The highest BCUT2D eigenvalue weighted by atomic mass is 16.1. The molecule has 1 saturated heterocycles. The van der Waals surface area contributed by atoms with E-state index in [2.05, 4.69) is 15.5 Å².